The number of ketones is 1. The number of nitrogens with one attached hydrogen (secondary N) is 2. The third-order valence-electron chi connectivity index (χ3n) is 3.86. The van der Waals surface area contributed by atoms with E-state index in [9.17, 15) is 10.1 Å². The van der Waals surface area contributed by atoms with Crippen molar-refractivity contribution < 1.29 is 14.3 Å². The largest absolute Gasteiger partial charge is 0.493 e. The van der Waals surface area contributed by atoms with E-state index in [2.05, 4.69) is 25.9 Å². The summed E-state index contributed by atoms with van der Waals surface area (Å²) in [5, 5.41) is 25.4. The lowest BCUT2D eigenvalue weighted by Crippen LogP contribution is -2.03. The van der Waals surface area contributed by atoms with Crippen LogP contribution in [0.5, 0.6) is 11.5 Å². The van der Waals surface area contributed by atoms with Gasteiger partial charge in [-0.2, -0.15) is 10.5 Å². The fourth-order valence-electron chi connectivity index (χ4n) is 2.47. The molecule has 1 aromatic heterocycles. The van der Waals surface area contributed by atoms with E-state index in [1.54, 1.807) is 42.5 Å². The van der Waals surface area contributed by atoms with Crippen LogP contribution in [0.1, 0.15) is 21.7 Å². The number of methoxy groups -OCH3 is 2. The van der Waals surface area contributed by atoms with Crippen LogP contribution in [0.15, 0.2) is 48.7 Å². The number of carbonyl (C=O) groups excluding carboxylic acids is 1. The van der Waals surface area contributed by atoms with E-state index in [0.29, 0.717) is 28.3 Å². The molecule has 0 amide bonds. The lowest BCUT2D eigenvalue weighted by molar-refractivity contribution is 0.103. The minimum atomic E-state index is -0.174. The Hall–Kier alpha value is -4.19. The summed E-state index contributed by atoms with van der Waals surface area (Å²) in [6.45, 7) is 0. The van der Waals surface area contributed by atoms with Crippen LogP contribution in [0.25, 0.3) is 5.57 Å². The molecule has 0 saturated carbocycles. The smallest absolute Gasteiger partial charge is 0.216 e. The third-order valence-corrected chi connectivity index (χ3v) is 3.86. The zero-order chi connectivity index (χ0) is 19.9. The van der Waals surface area contributed by atoms with Gasteiger partial charge in [-0.25, -0.2) is 0 Å². The Labute approximate surface area is 160 Å². The second-order valence-corrected chi connectivity index (χ2v) is 5.53. The van der Waals surface area contributed by atoms with Crippen molar-refractivity contribution in [2.45, 2.75) is 0 Å². The van der Waals surface area contributed by atoms with Gasteiger partial charge in [-0.15, -0.1) is 10.2 Å². The van der Waals surface area contributed by atoms with E-state index in [1.807, 2.05) is 6.07 Å². The summed E-state index contributed by atoms with van der Waals surface area (Å²) in [4.78, 5) is 12.8. The Morgan fingerprint density at radius 1 is 1.14 bits per heavy atom. The van der Waals surface area contributed by atoms with Gasteiger partial charge in [0.05, 0.1) is 14.2 Å². The summed E-state index contributed by atoms with van der Waals surface area (Å²) in [5.74, 6) is 1.02. The molecule has 0 radical (unpaired) electrons. The minimum Gasteiger partial charge on any atom is -0.493 e. The fourth-order valence-corrected chi connectivity index (χ4v) is 2.47. The van der Waals surface area contributed by atoms with Crippen LogP contribution in [-0.2, 0) is 0 Å². The van der Waals surface area contributed by atoms with E-state index in [4.69, 9.17) is 9.47 Å². The quantitative estimate of drug-likeness (QED) is 0.476. The van der Waals surface area contributed by atoms with Crippen molar-refractivity contribution in [1.29, 1.82) is 5.26 Å². The maximum atomic E-state index is 12.8. The molecule has 3 rings (SSSR count). The molecular weight excluding hydrogens is 360 g/mol. The Morgan fingerprint density at radius 3 is 2.61 bits per heavy atom. The van der Waals surface area contributed by atoms with E-state index < -0.39 is 0 Å². The molecule has 0 unspecified atom stereocenters. The van der Waals surface area contributed by atoms with Crippen molar-refractivity contribution in [2.75, 3.05) is 19.5 Å². The molecule has 0 aliphatic heterocycles. The fraction of sp³-hybridized carbons (Fsp3) is 0.105. The first-order valence-corrected chi connectivity index (χ1v) is 8.13. The molecule has 2 N–H and O–H groups in total. The van der Waals surface area contributed by atoms with Gasteiger partial charge < -0.3 is 14.8 Å². The summed E-state index contributed by atoms with van der Waals surface area (Å²) in [6.07, 6.45) is 1.45. The van der Waals surface area contributed by atoms with E-state index in [0.717, 1.165) is 0 Å². The molecule has 0 aliphatic carbocycles. The lowest BCUT2D eigenvalue weighted by Gasteiger charge is -2.10. The van der Waals surface area contributed by atoms with E-state index in [-0.39, 0.29) is 17.2 Å². The summed E-state index contributed by atoms with van der Waals surface area (Å²) in [7, 11) is 3.05. The van der Waals surface area contributed by atoms with Crippen molar-refractivity contribution in [3.63, 3.8) is 0 Å². The Balaban J connectivity index is 1.83. The van der Waals surface area contributed by atoms with Crippen molar-refractivity contribution in [2.24, 2.45) is 0 Å². The van der Waals surface area contributed by atoms with E-state index >= 15 is 0 Å². The van der Waals surface area contributed by atoms with Crippen LogP contribution in [0.3, 0.4) is 0 Å². The summed E-state index contributed by atoms with van der Waals surface area (Å²) in [6, 6.07) is 13.9. The number of hydrogen-bond acceptors (Lipinski definition) is 8. The van der Waals surface area contributed by atoms with Gasteiger partial charge in [0.1, 0.15) is 11.6 Å². The average Bonchev–Trinajstić information content (AvgIpc) is 3.28. The predicted molar refractivity (Wildman–Crippen MR) is 101 cm³/mol. The molecule has 0 bridgehead atoms. The normalized spacial score (nSPS) is 10.8. The molecule has 3 aromatic rings. The molecule has 9 heteroatoms. The van der Waals surface area contributed by atoms with Crippen molar-refractivity contribution in [1.82, 2.24) is 20.6 Å². The van der Waals surface area contributed by atoms with Gasteiger partial charge in [0.25, 0.3) is 0 Å². The molecule has 140 valence electrons. The Morgan fingerprint density at radius 2 is 1.93 bits per heavy atom. The zero-order valence-electron chi connectivity index (χ0n) is 15.1. The molecule has 2 aromatic carbocycles. The molecule has 28 heavy (non-hydrogen) atoms. The summed E-state index contributed by atoms with van der Waals surface area (Å²) in [5.41, 5.74) is 1.77. The van der Waals surface area contributed by atoms with Gasteiger partial charge in [-0.1, -0.05) is 12.1 Å². The zero-order valence-corrected chi connectivity index (χ0v) is 15.1. The van der Waals surface area contributed by atoms with Crippen LogP contribution in [0, 0.1) is 11.3 Å². The highest BCUT2D eigenvalue weighted by Crippen LogP contribution is 2.28. The van der Waals surface area contributed by atoms with Crippen LogP contribution in [0.4, 0.5) is 5.69 Å². The molecule has 0 aliphatic rings. The third kappa shape index (κ3) is 3.96. The number of tetrazole rings is 1. The summed E-state index contributed by atoms with van der Waals surface area (Å²) < 4.78 is 10.4. The number of allylic oxidation sites excluding steroid dienone is 1. The first-order chi connectivity index (χ1) is 13.7. The first-order valence-electron chi connectivity index (χ1n) is 8.13. The highest BCUT2D eigenvalue weighted by atomic mass is 16.5. The number of nitrogens with zero attached hydrogens (tertiary/aromatic N) is 4. The standard InChI is InChI=1S/C19H16N6O3/c1-27-16-7-6-13(9-17(16)28-2)18(26)12-4-3-5-15(8-12)21-11-14(10-20)19-22-24-25-23-19/h3-9,11,21H,1-2H3,(H,22,23,24,25). The Kier molecular flexibility index (Phi) is 5.62. The number of rotatable bonds is 7. The number of hydrogen-bond donors (Lipinski definition) is 2. The van der Waals surface area contributed by atoms with Gasteiger partial charge in [-0.3, -0.25) is 4.79 Å². The molecule has 0 saturated heterocycles. The van der Waals surface area contributed by atoms with Gasteiger partial charge in [-0.05, 0) is 35.5 Å². The predicted octanol–water partition coefficient (Wildman–Crippen LogP) is 2.42. The molecule has 9 nitrogen and oxygen atoms in total. The second kappa shape index (κ2) is 8.46. The number of aromatic nitrogens is 4. The number of nitriles is 1. The van der Waals surface area contributed by atoms with Crippen LogP contribution < -0.4 is 14.8 Å². The molecular formula is C19H16N6O3. The molecule has 0 atom stereocenters. The first kappa shape index (κ1) is 18.6. The maximum absolute atomic E-state index is 12.8. The van der Waals surface area contributed by atoms with Crippen molar-refractivity contribution >= 4 is 17.0 Å². The highest BCUT2D eigenvalue weighted by Gasteiger charge is 2.13. The van der Waals surface area contributed by atoms with Gasteiger partial charge in [0.15, 0.2) is 17.3 Å². The summed E-state index contributed by atoms with van der Waals surface area (Å²) >= 11 is 0. The monoisotopic (exact) mass is 376 g/mol. The number of ether oxygens (including phenoxy) is 2. The van der Waals surface area contributed by atoms with Gasteiger partial charge in [0, 0.05) is 23.0 Å². The average molecular weight is 376 g/mol. The maximum Gasteiger partial charge on any atom is 0.216 e. The highest BCUT2D eigenvalue weighted by molar-refractivity contribution is 6.09. The number of carbonyl (C=O) groups is 1. The second-order valence-electron chi connectivity index (χ2n) is 5.53. The minimum absolute atomic E-state index is 0.174. The number of H-pyrrole nitrogens is 1. The van der Waals surface area contributed by atoms with E-state index in [1.165, 1.54) is 20.4 Å². The SMILES string of the molecule is COc1ccc(C(=O)c2cccc(NC=C(C#N)c3nn[nH]n3)c2)cc1OC. The van der Waals surface area contributed by atoms with Crippen LogP contribution >= 0.6 is 0 Å². The van der Waals surface area contributed by atoms with Crippen molar-refractivity contribution in [3.8, 4) is 17.6 Å². The number of anilines is 1. The number of benzene rings is 2. The van der Waals surface area contributed by atoms with Crippen molar-refractivity contribution in [3.05, 3.63) is 65.6 Å². The van der Waals surface area contributed by atoms with Crippen LogP contribution in [0.2, 0.25) is 0 Å². The topological polar surface area (TPSA) is 126 Å². The number of aromatic amines is 1. The Bertz CT molecular complexity index is 1050. The van der Waals surface area contributed by atoms with Crippen LogP contribution in [-0.4, -0.2) is 40.6 Å². The van der Waals surface area contributed by atoms with Gasteiger partial charge in [0.2, 0.25) is 5.82 Å². The molecule has 0 spiro atoms. The molecule has 0 fully saturated rings. The van der Waals surface area contributed by atoms with Gasteiger partial charge >= 0.3 is 0 Å². The molecule has 1 heterocycles. The lowest BCUT2D eigenvalue weighted by atomic mass is 10.0.